The zero-order chi connectivity index (χ0) is 40.0. The fourth-order valence-electron chi connectivity index (χ4n) is 13.8. The summed E-state index contributed by atoms with van der Waals surface area (Å²) in [7, 11) is 0. The highest BCUT2D eigenvalue weighted by Gasteiger charge is 2.61. The highest BCUT2D eigenvalue weighted by Crippen LogP contribution is 2.70. The van der Waals surface area contributed by atoms with Crippen molar-refractivity contribution in [3.05, 3.63) is 137 Å². The summed E-state index contributed by atoms with van der Waals surface area (Å²) in [5.74, 6) is 3.19. The molecule has 5 aromatic carbocycles. The van der Waals surface area contributed by atoms with E-state index in [1.807, 2.05) is 11.8 Å². The average Bonchev–Trinajstić information content (AvgIpc) is 3.20. The summed E-state index contributed by atoms with van der Waals surface area (Å²) in [6.07, 6.45) is 11.9. The number of nitrogens with zero attached hydrogens (tertiary/aromatic N) is 1. The quantitative estimate of drug-likeness (QED) is 0.179. The molecule has 2 heteroatoms. The van der Waals surface area contributed by atoms with Crippen molar-refractivity contribution in [2.45, 2.75) is 150 Å². The molecule has 4 bridgehead atoms. The fourth-order valence-corrected chi connectivity index (χ4v) is 15.1. The van der Waals surface area contributed by atoms with Crippen molar-refractivity contribution in [2.75, 3.05) is 4.90 Å². The number of benzene rings is 5. The zero-order valence-electron chi connectivity index (χ0n) is 36.3. The molecule has 1 heterocycles. The van der Waals surface area contributed by atoms with Gasteiger partial charge < -0.3 is 4.90 Å². The minimum atomic E-state index is 0.0402. The molecule has 12 rings (SSSR count). The molecule has 0 amide bonds. The summed E-state index contributed by atoms with van der Waals surface area (Å²) in [6, 6.07) is 41.5. The molecule has 0 N–H and O–H groups in total. The van der Waals surface area contributed by atoms with Gasteiger partial charge in [-0.3, -0.25) is 0 Å². The van der Waals surface area contributed by atoms with Gasteiger partial charge in [0.2, 0.25) is 0 Å². The van der Waals surface area contributed by atoms with Crippen LogP contribution in [0, 0.1) is 23.7 Å². The Balaban J connectivity index is 1.11. The molecular formula is C56H63NS. The van der Waals surface area contributed by atoms with Gasteiger partial charge in [-0.25, -0.2) is 0 Å². The molecule has 1 spiro atoms. The van der Waals surface area contributed by atoms with Gasteiger partial charge in [-0.1, -0.05) is 128 Å². The molecule has 5 aromatic rings. The van der Waals surface area contributed by atoms with Crippen molar-refractivity contribution in [1.29, 1.82) is 0 Å². The molecule has 58 heavy (non-hydrogen) atoms. The van der Waals surface area contributed by atoms with Gasteiger partial charge >= 0.3 is 0 Å². The van der Waals surface area contributed by atoms with Crippen molar-refractivity contribution in [3.8, 4) is 11.1 Å². The largest absolute Gasteiger partial charge is 0.310 e. The average molecular weight is 782 g/mol. The number of rotatable bonds is 4. The monoisotopic (exact) mass is 781 g/mol. The first-order valence-electron chi connectivity index (χ1n) is 22.8. The van der Waals surface area contributed by atoms with Crippen molar-refractivity contribution >= 4 is 28.8 Å². The molecule has 4 saturated carbocycles. The van der Waals surface area contributed by atoms with E-state index in [1.165, 1.54) is 118 Å². The number of hydrogen-bond donors (Lipinski definition) is 0. The van der Waals surface area contributed by atoms with Crippen LogP contribution in [0.25, 0.3) is 11.1 Å². The van der Waals surface area contributed by atoms with E-state index in [2.05, 4.69) is 163 Å². The van der Waals surface area contributed by atoms with Crippen LogP contribution in [0.2, 0.25) is 0 Å². The van der Waals surface area contributed by atoms with Gasteiger partial charge in [-0.2, -0.15) is 0 Å². The van der Waals surface area contributed by atoms with Crippen LogP contribution < -0.4 is 4.90 Å². The Labute approximate surface area is 353 Å². The summed E-state index contributed by atoms with van der Waals surface area (Å²) < 4.78 is 0. The van der Waals surface area contributed by atoms with Crippen molar-refractivity contribution < 1.29 is 0 Å². The molecule has 298 valence electrons. The minimum absolute atomic E-state index is 0.0402. The summed E-state index contributed by atoms with van der Waals surface area (Å²) in [5.41, 5.74) is 16.7. The summed E-state index contributed by atoms with van der Waals surface area (Å²) in [5, 5.41) is 0. The number of fused-ring (bicyclic) bond motifs is 4. The normalized spacial score (nSPS) is 28.6. The predicted molar refractivity (Wildman–Crippen MR) is 246 cm³/mol. The molecule has 0 radical (unpaired) electrons. The maximum atomic E-state index is 2.69. The lowest BCUT2D eigenvalue weighted by Crippen LogP contribution is -2.57. The van der Waals surface area contributed by atoms with Crippen LogP contribution in [0.1, 0.15) is 147 Å². The van der Waals surface area contributed by atoms with E-state index in [0.29, 0.717) is 11.8 Å². The van der Waals surface area contributed by atoms with Gasteiger partial charge in [-0.15, -0.1) is 0 Å². The van der Waals surface area contributed by atoms with Crippen LogP contribution in [0.5, 0.6) is 0 Å². The van der Waals surface area contributed by atoms with E-state index in [4.69, 9.17) is 0 Å². The van der Waals surface area contributed by atoms with Crippen LogP contribution in [0.4, 0.5) is 17.1 Å². The van der Waals surface area contributed by atoms with Crippen molar-refractivity contribution in [3.63, 3.8) is 0 Å². The Morgan fingerprint density at radius 3 is 1.60 bits per heavy atom. The third kappa shape index (κ3) is 5.41. The lowest BCUT2D eigenvalue weighted by molar-refractivity contribution is -0.0441. The fraction of sp³-hybridized carbons (Fsp3) is 0.464. The molecule has 1 aliphatic heterocycles. The number of hydrogen-bond acceptors (Lipinski definition) is 2. The van der Waals surface area contributed by atoms with E-state index in [9.17, 15) is 0 Å². The van der Waals surface area contributed by atoms with Crippen LogP contribution in [0.15, 0.2) is 113 Å². The third-order valence-corrected chi connectivity index (χ3v) is 18.2. The van der Waals surface area contributed by atoms with Crippen LogP contribution in [-0.4, -0.2) is 0 Å². The van der Waals surface area contributed by atoms with E-state index in [1.54, 1.807) is 11.1 Å². The second-order valence-electron chi connectivity index (χ2n) is 22.3. The summed E-state index contributed by atoms with van der Waals surface area (Å²) in [4.78, 5) is 5.66. The second kappa shape index (κ2) is 12.6. The predicted octanol–water partition coefficient (Wildman–Crippen LogP) is 15.7. The highest BCUT2D eigenvalue weighted by atomic mass is 32.2. The van der Waals surface area contributed by atoms with Crippen LogP contribution >= 0.6 is 11.8 Å². The van der Waals surface area contributed by atoms with Crippen molar-refractivity contribution in [1.82, 2.24) is 0 Å². The van der Waals surface area contributed by atoms with Crippen LogP contribution in [-0.2, 0) is 27.1 Å². The molecular weight excluding hydrogens is 719 g/mol. The molecule has 0 saturated heterocycles. The summed E-state index contributed by atoms with van der Waals surface area (Å²) in [6.45, 7) is 19.6. The van der Waals surface area contributed by atoms with E-state index < -0.39 is 0 Å². The Kier molecular flexibility index (Phi) is 8.12. The maximum Gasteiger partial charge on any atom is 0.0514 e. The minimum Gasteiger partial charge on any atom is -0.310 e. The first-order valence-corrected chi connectivity index (χ1v) is 23.6. The Morgan fingerprint density at radius 2 is 0.966 bits per heavy atom. The molecule has 4 fully saturated rings. The SMILES string of the molecule is CC1(C)CCC(C)(C)c2cc(-c3ccc(N(c4ccc5c(c4)C(C)(C)CCC5(C)C)c4cccc5c4C4(c6ccccc6S5)C5CC6CC(C5)CC4C6)cc3)ccc21. The molecule has 0 aromatic heterocycles. The van der Waals surface area contributed by atoms with Gasteiger partial charge in [0.05, 0.1) is 5.69 Å². The first-order chi connectivity index (χ1) is 27.7. The Bertz CT molecular complexity index is 2430. The smallest absolute Gasteiger partial charge is 0.0514 e. The topological polar surface area (TPSA) is 3.24 Å². The van der Waals surface area contributed by atoms with Gasteiger partial charge in [0.1, 0.15) is 0 Å². The molecule has 6 aliphatic carbocycles. The van der Waals surface area contributed by atoms with Gasteiger partial charge in [0.25, 0.3) is 0 Å². The maximum absolute atomic E-state index is 2.69. The zero-order valence-corrected chi connectivity index (χ0v) is 37.2. The molecule has 1 nitrogen and oxygen atoms in total. The number of anilines is 3. The highest BCUT2D eigenvalue weighted by molar-refractivity contribution is 7.99. The standard InChI is InChI=1S/C56H63NS/c1-52(2)24-26-54(5,6)46-33-38(18-22-43(46)52)37-16-19-41(20-17-37)57(42-21-23-44-47(34-42)55(7,8)27-25-53(44,3)4)48-13-11-15-50-51(48)56(45-12-9-10-14-49(45)58-50)39-29-35-28-36(31-39)32-40(56)30-35/h9-23,33-36,39-40H,24-32H2,1-8H3. The van der Waals surface area contributed by atoms with E-state index >= 15 is 0 Å². The van der Waals surface area contributed by atoms with Crippen molar-refractivity contribution in [2.24, 2.45) is 23.7 Å². The van der Waals surface area contributed by atoms with Crippen LogP contribution in [0.3, 0.4) is 0 Å². The first kappa shape index (κ1) is 37.3. The summed E-state index contributed by atoms with van der Waals surface area (Å²) >= 11 is 2.03. The van der Waals surface area contributed by atoms with E-state index in [0.717, 1.165) is 11.8 Å². The lowest BCUT2D eigenvalue weighted by atomic mass is 9.42. The molecule has 7 aliphatic rings. The van der Waals surface area contributed by atoms with Gasteiger partial charge in [-0.05, 0) is 185 Å². The van der Waals surface area contributed by atoms with Gasteiger partial charge in [0, 0.05) is 32.1 Å². The van der Waals surface area contributed by atoms with Gasteiger partial charge in [0.15, 0.2) is 0 Å². The molecule has 0 unspecified atom stereocenters. The lowest BCUT2D eigenvalue weighted by Gasteiger charge is -2.63. The van der Waals surface area contributed by atoms with E-state index in [-0.39, 0.29) is 27.1 Å². The second-order valence-corrected chi connectivity index (χ2v) is 23.4. The third-order valence-electron chi connectivity index (χ3n) is 17.0. The molecule has 0 atom stereocenters. The Morgan fingerprint density at radius 1 is 0.448 bits per heavy atom. The Hall–Kier alpha value is -3.75.